The van der Waals surface area contributed by atoms with Gasteiger partial charge in [-0.2, -0.15) is 0 Å². The van der Waals surface area contributed by atoms with Gasteiger partial charge in [0.25, 0.3) is 11.8 Å². The molecule has 2 aliphatic rings. The van der Waals surface area contributed by atoms with Gasteiger partial charge in [-0.1, -0.05) is 48.5 Å². The zero-order valence-electron chi connectivity index (χ0n) is 17.6. The van der Waals surface area contributed by atoms with Gasteiger partial charge in [-0.15, -0.1) is 0 Å². The second-order valence-corrected chi connectivity index (χ2v) is 8.01. The molecule has 4 rings (SSSR count). The highest BCUT2D eigenvalue weighted by molar-refractivity contribution is 6.36. The molecule has 0 radical (unpaired) electrons. The van der Waals surface area contributed by atoms with Gasteiger partial charge in [0.15, 0.2) is 0 Å². The molecule has 2 aliphatic heterocycles. The van der Waals surface area contributed by atoms with Gasteiger partial charge in [-0.3, -0.25) is 14.5 Å². The number of hydrogen-bond acceptors (Lipinski definition) is 4. The zero-order chi connectivity index (χ0) is 21.1. The summed E-state index contributed by atoms with van der Waals surface area (Å²) in [6, 6.07) is 17.7. The van der Waals surface area contributed by atoms with Gasteiger partial charge in [0.1, 0.15) is 5.70 Å². The molecular formula is C25H28N2O3. The van der Waals surface area contributed by atoms with Crippen molar-refractivity contribution < 1.29 is 14.3 Å². The topological polar surface area (TPSA) is 49.9 Å². The lowest BCUT2D eigenvalue weighted by Crippen LogP contribution is -2.38. The zero-order valence-corrected chi connectivity index (χ0v) is 17.6. The van der Waals surface area contributed by atoms with E-state index >= 15 is 0 Å². The summed E-state index contributed by atoms with van der Waals surface area (Å²) in [7, 11) is 0. The van der Waals surface area contributed by atoms with Crippen LogP contribution < -0.4 is 4.90 Å². The number of aryl methyl sites for hydroxylation is 1. The molecule has 2 heterocycles. The molecular weight excluding hydrogens is 376 g/mol. The molecule has 5 heteroatoms. The molecule has 0 atom stereocenters. The third-order valence-corrected chi connectivity index (χ3v) is 5.56. The van der Waals surface area contributed by atoms with Crippen molar-refractivity contribution in [2.75, 3.05) is 24.6 Å². The highest BCUT2D eigenvalue weighted by Gasteiger charge is 2.42. The first kappa shape index (κ1) is 20.4. The first-order valence-electron chi connectivity index (χ1n) is 10.7. The number of fused-ring (bicyclic) bond motifs is 1. The Hall–Kier alpha value is -2.92. The summed E-state index contributed by atoms with van der Waals surface area (Å²) in [4.78, 5) is 30.3. The summed E-state index contributed by atoms with van der Waals surface area (Å²) < 4.78 is 5.60. The average molecular weight is 405 g/mol. The second kappa shape index (κ2) is 8.84. The van der Waals surface area contributed by atoms with Gasteiger partial charge in [0.05, 0.1) is 11.7 Å². The molecule has 2 aromatic rings. The highest BCUT2D eigenvalue weighted by Crippen LogP contribution is 2.37. The van der Waals surface area contributed by atoms with Crippen LogP contribution in [0.4, 0.5) is 5.69 Å². The number of imide groups is 1. The largest absolute Gasteiger partial charge is 0.379 e. The molecule has 2 aromatic carbocycles. The van der Waals surface area contributed by atoms with Crippen molar-refractivity contribution >= 4 is 23.1 Å². The molecule has 0 fully saturated rings. The number of anilines is 1. The number of nitrogens with zero attached hydrogens (tertiary/aromatic N) is 2. The van der Waals surface area contributed by atoms with Crippen molar-refractivity contribution in [3.05, 3.63) is 71.4 Å². The minimum Gasteiger partial charge on any atom is -0.379 e. The Morgan fingerprint density at radius 3 is 2.47 bits per heavy atom. The van der Waals surface area contributed by atoms with Gasteiger partial charge in [-0.25, -0.2) is 0 Å². The van der Waals surface area contributed by atoms with Gasteiger partial charge < -0.3 is 9.64 Å². The number of rotatable bonds is 7. The van der Waals surface area contributed by atoms with Crippen molar-refractivity contribution in [2.24, 2.45) is 0 Å². The van der Waals surface area contributed by atoms with Crippen LogP contribution in [0.1, 0.15) is 37.8 Å². The Labute approximate surface area is 177 Å². The van der Waals surface area contributed by atoms with Crippen LogP contribution in [-0.4, -0.2) is 42.5 Å². The summed E-state index contributed by atoms with van der Waals surface area (Å²) >= 11 is 0. The monoisotopic (exact) mass is 404 g/mol. The molecule has 0 aliphatic carbocycles. The lowest BCUT2D eigenvalue weighted by atomic mass is 9.98. The van der Waals surface area contributed by atoms with E-state index in [1.807, 2.05) is 67.3 Å². The summed E-state index contributed by atoms with van der Waals surface area (Å²) in [5.41, 5.74) is 4.03. The van der Waals surface area contributed by atoms with E-state index in [4.69, 9.17) is 4.74 Å². The third kappa shape index (κ3) is 3.90. The number of benzene rings is 2. The SMILES string of the molecule is CC(C)OCCCN1C(=O)C(c2ccccc2)=C(N2CCCc3ccccc32)C1=O. The van der Waals surface area contributed by atoms with E-state index in [0.29, 0.717) is 30.8 Å². The fraction of sp³-hybridized carbons (Fsp3) is 0.360. The van der Waals surface area contributed by atoms with Gasteiger partial charge >= 0.3 is 0 Å². The van der Waals surface area contributed by atoms with E-state index in [1.54, 1.807) is 0 Å². The molecule has 0 unspecified atom stereocenters. The second-order valence-electron chi connectivity index (χ2n) is 8.01. The fourth-order valence-electron chi connectivity index (χ4n) is 4.19. The maximum absolute atomic E-state index is 13.5. The maximum atomic E-state index is 13.5. The fourth-order valence-corrected chi connectivity index (χ4v) is 4.19. The van der Waals surface area contributed by atoms with E-state index in [-0.39, 0.29) is 17.9 Å². The van der Waals surface area contributed by atoms with Crippen molar-refractivity contribution in [1.29, 1.82) is 0 Å². The Morgan fingerprint density at radius 1 is 0.967 bits per heavy atom. The minimum atomic E-state index is -0.214. The van der Waals surface area contributed by atoms with E-state index in [0.717, 1.165) is 30.6 Å². The Bertz CT molecular complexity index is 965. The standard InChI is InChI=1S/C25H28N2O3/c1-18(2)30-17-9-16-27-24(28)22(20-11-4-3-5-12-20)23(25(27)29)26-15-8-13-19-10-6-7-14-21(19)26/h3-7,10-12,14,18H,8-9,13,15-17H2,1-2H3. The smallest absolute Gasteiger partial charge is 0.278 e. The van der Waals surface area contributed by atoms with Crippen molar-refractivity contribution in [1.82, 2.24) is 4.90 Å². The number of amides is 2. The predicted molar refractivity (Wildman–Crippen MR) is 118 cm³/mol. The Kier molecular flexibility index (Phi) is 6.00. The number of carbonyl (C=O) groups is 2. The highest BCUT2D eigenvalue weighted by atomic mass is 16.5. The normalized spacial score (nSPS) is 16.6. The molecule has 0 bridgehead atoms. The lowest BCUT2D eigenvalue weighted by Gasteiger charge is -2.32. The van der Waals surface area contributed by atoms with Crippen LogP contribution in [0, 0.1) is 0 Å². The minimum absolute atomic E-state index is 0.133. The van der Waals surface area contributed by atoms with E-state index < -0.39 is 0 Å². The van der Waals surface area contributed by atoms with E-state index in [2.05, 4.69) is 6.07 Å². The summed E-state index contributed by atoms with van der Waals surface area (Å²) in [6.45, 7) is 5.57. The maximum Gasteiger partial charge on any atom is 0.278 e. The van der Waals surface area contributed by atoms with Crippen LogP contribution >= 0.6 is 0 Å². The molecule has 0 aromatic heterocycles. The summed E-state index contributed by atoms with van der Waals surface area (Å²) in [5.74, 6) is -0.422. The number of ether oxygens (including phenoxy) is 1. The predicted octanol–water partition coefficient (Wildman–Crippen LogP) is 4.03. The molecule has 0 saturated heterocycles. The van der Waals surface area contributed by atoms with Crippen LogP contribution in [0.5, 0.6) is 0 Å². The molecule has 30 heavy (non-hydrogen) atoms. The first-order chi connectivity index (χ1) is 14.6. The molecule has 0 N–H and O–H groups in total. The molecule has 156 valence electrons. The van der Waals surface area contributed by atoms with E-state index in [9.17, 15) is 9.59 Å². The molecule has 0 spiro atoms. The Balaban J connectivity index is 1.70. The van der Waals surface area contributed by atoms with Gasteiger partial charge in [0.2, 0.25) is 0 Å². The van der Waals surface area contributed by atoms with Crippen LogP contribution in [0.3, 0.4) is 0 Å². The molecule has 2 amide bonds. The molecule has 0 saturated carbocycles. The first-order valence-corrected chi connectivity index (χ1v) is 10.7. The van der Waals surface area contributed by atoms with Gasteiger partial charge in [0, 0.05) is 25.4 Å². The number of para-hydroxylation sites is 1. The van der Waals surface area contributed by atoms with Crippen LogP contribution in [0.25, 0.3) is 5.57 Å². The average Bonchev–Trinajstić information content (AvgIpc) is 3.01. The Morgan fingerprint density at radius 2 is 1.70 bits per heavy atom. The third-order valence-electron chi connectivity index (χ3n) is 5.56. The quantitative estimate of drug-likeness (QED) is 0.516. The van der Waals surface area contributed by atoms with E-state index in [1.165, 1.54) is 10.5 Å². The van der Waals surface area contributed by atoms with Crippen LogP contribution in [-0.2, 0) is 20.7 Å². The van der Waals surface area contributed by atoms with Crippen molar-refractivity contribution in [3.8, 4) is 0 Å². The van der Waals surface area contributed by atoms with Gasteiger partial charge in [-0.05, 0) is 50.3 Å². The lowest BCUT2D eigenvalue weighted by molar-refractivity contribution is -0.137. The van der Waals surface area contributed by atoms with Crippen LogP contribution in [0.2, 0.25) is 0 Å². The molecule has 5 nitrogen and oxygen atoms in total. The number of hydrogen-bond donors (Lipinski definition) is 0. The summed E-state index contributed by atoms with van der Waals surface area (Å²) in [6.07, 6.45) is 2.70. The van der Waals surface area contributed by atoms with Crippen molar-refractivity contribution in [2.45, 2.75) is 39.2 Å². The van der Waals surface area contributed by atoms with Crippen molar-refractivity contribution in [3.63, 3.8) is 0 Å². The number of carbonyl (C=O) groups excluding carboxylic acids is 2. The summed E-state index contributed by atoms with van der Waals surface area (Å²) in [5, 5.41) is 0. The van der Waals surface area contributed by atoms with Crippen LogP contribution in [0.15, 0.2) is 60.3 Å².